The number of anilines is 1. The molecule has 1 atom stereocenters. The van der Waals surface area contributed by atoms with Crippen LogP contribution in [0.5, 0.6) is 0 Å². The highest BCUT2D eigenvalue weighted by molar-refractivity contribution is 7.89. The van der Waals surface area contributed by atoms with Crippen LogP contribution < -0.4 is 9.62 Å². The largest absolute Gasteiger partial charge is 0.394 e. The molecule has 31 heavy (non-hydrogen) atoms. The van der Waals surface area contributed by atoms with Gasteiger partial charge in [0.05, 0.1) is 11.5 Å². The van der Waals surface area contributed by atoms with E-state index in [-0.39, 0.29) is 10.3 Å². The summed E-state index contributed by atoms with van der Waals surface area (Å²) in [6.07, 6.45) is 3.31. The second kappa shape index (κ2) is 9.29. The number of sulfonamides is 1. The highest BCUT2D eigenvalue weighted by atomic mass is 32.2. The van der Waals surface area contributed by atoms with Gasteiger partial charge in [-0.2, -0.15) is 4.72 Å². The van der Waals surface area contributed by atoms with Gasteiger partial charge in [-0.25, -0.2) is 18.4 Å². The Kier molecular flexibility index (Phi) is 6.93. The second-order valence-corrected chi connectivity index (χ2v) is 10.2. The molecule has 1 aromatic carbocycles. The Morgan fingerprint density at radius 1 is 1.10 bits per heavy atom. The average molecular weight is 448 g/mol. The highest BCUT2D eigenvalue weighted by Gasteiger charge is 2.31. The number of aromatic nitrogens is 2. The number of nitrogens with zero attached hydrogens (tertiary/aromatic N) is 4. The molecule has 1 aliphatic rings. The molecule has 0 radical (unpaired) electrons. The fraction of sp³-hybridized carbons (Fsp3) is 0.476. The van der Waals surface area contributed by atoms with E-state index in [9.17, 15) is 18.3 Å². The van der Waals surface area contributed by atoms with Crippen molar-refractivity contribution < 1.29 is 18.3 Å². The highest BCUT2D eigenvalue weighted by Crippen LogP contribution is 2.23. The maximum Gasteiger partial charge on any atom is 0.243 e. The quantitative estimate of drug-likeness (QED) is 0.672. The molecule has 2 heterocycles. The van der Waals surface area contributed by atoms with Crippen molar-refractivity contribution in [1.82, 2.24) is 19.6 Å². The van der Waals surface area contributed by atoms with Crippen LogP contribution in [0.25, 0.3) is 0 Å². The zero-order chi connectivity index (χ0) is 22.6. The summed E-state index contributed by atoms with van der Waals surface area (Å²) in [4.78, 5) is 24.8. The molecule has 2 aromatic rings. The number of benzene rings is 1. The number of hydrogen-bond donors (Lipinski definition) is 2. The summed E-state index contributed by atoms with van der Waals surface area (Å²) < 4.78 is 27.9. The summed E-state index contributed by atoms with van der Waals surface area (Å²) in [7, 11) is -3.96. The van der Waals surface area contributed by atoms with Gasteiger partial charge in [-0.1, -0.05) is 32.9 Å². The summed E-state index contributed by atoms with van der Waals surface area (Å²) >= 11 is 0. The Bertz CT molecular complexity index is 983. The van der Waals surface area contributed by atoms with E-state index >= 15 is 0 Å². The van der Waals surface area contributed by atoms with Crippen molar-refractivity contribution in [2.45, 2.75) is 37.1 Å². The minimum atomic E-state index is -3.96. The van der Waals surface area contributed by atoms with Gasteiger partial charge in [0, 0.05) is 38.6 Å². The van der Waals surface area contributed by atoms with Crippen LogP contribution in [-0.2, 0) is 20.2 Å². The number of aliphatic hydroxyl groups is 1. The first-order valence-corrected chi connectivity index (χ1v) is 11.6. The maximum absolute atomic E-state index is 12.9. The predicted octanol–water partition coefficient (Wildman–Crippen LogP) is 0.762. The summed E-state index contributed by atoms with van der Waals surface area (Å²) in [6.45, 7) is 7.31. The summed E-state index contributed by atoms with van der Waals surface area (Å²) in [6, 6.07) is 7.04. The third kappa shape index (κ3) is 5.57. The van der Waals surface area contributed by atoms with E-state index in [4.69, 9.17) is 0 Å². The smallest absolute Gasteiger partial charge is 0.243 e. The molecular formula is C21H29N5O4S. The van der Waals surface area contributed by atoms with Crippen LogP contribution >= 0.6 is 0 Å². The van der Waals surface area contributed by atoms with Crippen LogP contribution in [0.2, 0.25) is 0 Å². The normalized spacial score (nSPS) is 16.3. The van der Waals surface area contributed by atoms with E-state index < -0.39 is 28.6 Å². The number of aliphatic hydroxyl groups excluding tert-OH is 1. The molecule has 1 saturated heterocycles. The topological polar surface area (TPSA) is 116 Å². The Labute approximate surface area is 183 Å². The SMILES string of the molecule is CC(C)(C)c1ccc(S(=O)(=O)N[C@@H](CO)C(=O)N2CCN(c3ncccn3)CC2)cc1. The fourth-order valence-corrected chi connectivity index (χ4v) is 4.54. The monoisotopic (exact) mass is 447 g/mol. The summed E-state index contributed by atoms with van der Waals surface area (Å²) in [5, 5.41) is 9.71. The molecule has 1 aliphatic heterocycles. The van der Waals surface area contributed by atoms with Gasteiger partial charge in [-0.05, 0) is 29.2 Å². The van der Waals surface area contributed by atoms with E-state index in [1.54, 1.807) is 35.5 Å². The van der Waals surface area contributed by atoms with Crippen LogP contribution in [-0.4, -0.2) is 73.1 Å². The Morgan fingerprint density at radius 3 is 2.19 bits per heavy atom. The lowest BCUT2D eigenvalue weighted by molar-refractivity contribution is -0.134. The van der Waals surface area contributed by atoms with Gasteiger partial charge < -0.3 is 14.9 Å². The van der Waals surface area contributed by atoms with Gasteiger partial charge in [-0.3, -0.25) is 4.79 Å². The van der Waals surface area contributed by atoms with Crippen molar-refractivity contribution in [3.8, 4) is 0 Å². The maximum atomic E-state index is 12.9. The molecule has 0 bridgehead atoms. The molecule has 0 unspecified atom stereocenters. The molecule has 1 fully saturated rings. The number of amides is 1. The number of carbonyl (C=O) groups excluding carboxylic acids is 1. The van der Waals surface area contributed by atoms with E-state index in [2.05, 4.69) is 14.7 Å². The number of rotatable bonds is 6. The van der Waals surface area contributed by atoms with Crippen molar-refractivity contribution in [3.05, 3.63) is 48.3 Å². The first-order valence-electron chi connectivity index (χ1n) is 10.2. The van der Waals surface area contributed by atoms with Crippen LogP contribution in [0.3, 0.4) is 0 Å². The lowest BCUT2D eigenvalue weighted by Gasteiger charge is -2.36. The standard InChI is InChI=1S/C21H29N5O4S/c1-21(2,3)16-5-7-17(8-6-16)31(29,30)24-18(15-27)19(28)25-11-13-26(14-12-25)20-22-9-4-10-23-20/h4-10,18,24,27H,11-15H2,1-3H3/t18-/m0/s1. The number of piperazine rings is 1. The third-order valence-corrected chi connectivity index (χ3v) is 6.72. The molecule has 10 heteroatoms. The summed E-state index contributed by atoms with van der Waals surface area (Å²) in [5.74, 6) is 0.138. The van der Waals surface area contributed by atoms with E-state index in [1.165, 1.54) is 12.1 Å². The van der Waals surface area contributed by atoms with Crippen LogP contribution in [0.15, 0.2) is 47.6 Å². The molecule has 168 valence electrons. The zero-order valence-corrected chi connectivity index (χ0v) is 18.8. The molecule has 0 saturated carbocycles. The van der Waals surface area contributed by atoms with Gasteiger partial charge in [-0.15, -0.1) is 0 Å². The fourth-order valence-electron chi connectivity index (χ4n) is 3.36. The van der Waals surface area contributed by atoms with Gasteiger partial charge in [0.2, 0.25) is 21.9 Å². The summed E-state index contributed by atoms with van der Waals surface area (Å²) in [5.41, 5.74) is 0.896. The molecule has 0 spiro atoms. The average Bonchev–Trinajstić information content (AvgIpc) is 2.77. The molecule has 2 N–H and O–H groups in total. The van der Waals surface area contributed by atoms with Crippen molar-refractivity contribution >= 4 is 21.9 Å². The van der Waals surface area contributed by atoms with Crippen LogP contribution in [0.1, 0.15) is 26.3 Å². The van der Waals surface area contributed by atoms with Crippen LogP contribution in [0, 0.1) is 0 Å². The van der Waals surface area contributed by atoms with Crippen molar-refractivity contribution in [2.24, 2.45) is 0 Å². The minimum Gasteiger partial charge on any atom is -0.394 e. The van der Waals surface area contributed by atoms with E-state index in [0.717, 1.165) is 5.56 Å². The molecule has 0 aliphatic carbocycles. The Hall–Kier alpha value is -2.56. The van der Waals surface area contributed by atoms with Crippen LogP contribution in [0.4, 0.5) is 5.95 Å². The van der Waals surface area contributed by atoms with Crippen molar-refractivity contribution in [3.63, 3.8) is 0 Å². The lowest BCUT2D eigenvalue weighted by atomic mass is 9.87. The second-order valence-electron chi connectivity index (χ2n) is 8.49. The predicted molar refractivity (Wildman–Crippen MR) is 117 cm³/mol. The van der Waals surface area contributed by atoms with Gasteiger partial charge >= 0.3 is 0 Å². The molecule has 1 aromatic heterocycles. The Balaban J connectivity index is 1.64. The molecule has 3 rings (SSSR count). The van der Waals surface area contributed by atoms with E-state index in [1.807, 2.05) is 25.7 Å². The first-order chi connectivity index (χ1) is 14.6. The van der Waals surface area contributed by atoms with Crippen molar-refractivity contribution in [1.29, 1.82) is 0 Å². The molecule has 9 nitrogen and oxygen atoms in total. The number of carbonyl (C=O) groups is 1. The first kappa shape index (κ1) is 23.1. The zero-order valence-electron chi connectivity index (χ0n) is 18.0. The molecule has 1 amide bonds. The third-order valence-electron chi connectivity index (χ3n) is 5.24. The molecular weight excluding hydrogens is 418 g/mol. The van der Waals surface area contributed by atoms with Crippen molar-refractivity contribution in [2.75, 3.05) is 37.7 Å². The van der Waals surface area contributed by atoms with E-state index in [0.29, 0.717) is 32.1 Å². The Morgan fingerprint density at radius 2 is 1.68 bits per heavy atom. The lowest BCUT2D eigenvalue weighted by Crippen LogP contribution is -2.56. The van der Waals surface area contributed by atoms with Gasteiger partial charge in [0.15, 0.2) is 0 Å². The number of nitrogens with one attached hydrogen (secondary N) is 1. The minimum absolute atomic E-state index is 0.0535. The van der Waals surface area contributed by atoms with Gasteiger partial charge in [0.1, 0.15) is 6.04 Å². The number of hydrogen-bond acceptors (Lipinski definition) is 7. The van der Waals surface area contributed by atoms with Gasteiger partial charge in [0.25, 0.3) is 0 Å².